The molecule has 24 heavy (non-hydrogen) atoms. The van der Waals surface area contributed by atoms with Crippen molar-refractivity contribution in [2.24, 2.45) is 4.99 Å². The van der Waals surface area contributed by atoms with Crippen LogP contribution in [0.1, 0.15) is 12.6 Å². The lowest BCUT2D eigenvalue weighted by atomic mass is 10.3. The maximum Gasteiger partial charge on any atom is 0.191 e. The van der Waals surface area contributed by atoms with Gasteiger partial charge in [-0.15, -0.1) is 24.0 Å². The van der Waals surface area contributed by atoms with E-state index in [-0.39, 0.29) is 36.3 Å². The summed E-state index contributed by atoms with van der Waals surface area (Å²) in [5, 5.41) is 6.25. The van der Waals surface area contributed by atoms with E-state index in [4.69, 9.17) is 4.74 Å². The van der Waals surface area contributed by atoms with Crippen molar-refractivity contribution in [3.05, 3.63) is 60.2 Å². The van der Waals surface area contributed by atoms with Crippen LogP contribution in [0.4, 0.5) is 4.39 Å². The molecule has 1 heterocycles. The molecule has 2 aromatic rings. The fraction of sp³-hybridized carbons (Fsp3) is 0.294. The highest BCUT2D eigenvalue weighted by atomic mass is 127. The molecule has 0 unspecified atom stereocenters. The summed E-state index contributed by atoms with van der Waals surface area (Å²) < 4.78 is 19.1. The molecular weight excluding hydrogens is 422 g/mol. The third-order valence-corrected chi connectivity index (χ3v) is 2.97. The Balaban J connectivity index is 0.00000288. The van der Waals surface area contributed by atoms with Gasteiger partial charge in [0.05, 0.1) is 18.8 Å². The van der Waals surface area contributed by atoms with Crippen LogP contribution >= 0.6 is 24.0 Å². The Morgan fingerprint density at radius 2 is 1.96 bits per heavy atom. The molecule has 0 saturated carbocycles. The molecule has 130 valence electrons. The summed E-state index contributed by atoms with van der Waals surface area (Å²) in [4.78, 5) is 8.31. The summed E-state index contributed by atoms with van der Waals surface area (Å²) in [6.07, 6.45) is 1.56. The number of nitrogens with one attached hydrogen (secondary N) is 2. The van der Waals surface area contributed by atoms with Crippen LogP contribution in [0.3, 0.4) is 0 Å². The smallest absolute Gasteiger partial charge is 0.191 e. The van der Waals surface area contributed by atoms with Gasteiger partial charge in [-0.05, 0) is 31.2 Å². The van der Waals surface area contributed by atoms with Crippen molar-refractivity contribution in [1.82, 2.24) is 15.6 Å². The number of guanidine groups is 1. The first-order valence-corrected chi connectivity index (χ1v) is 7.59. The Hall–Kier alpha value is -1.90. The minimum Gasteiger partial charge on any atom is -0.492 e. The first kappa shape index (κ1) is 20.1. The van der Waals surface area contributed by atoms with Crippen LogP contribution in [-0.2, 0) is 6.54 Å². The Bertz CT molecular complexity index is 625. The lowest BCUT2D eigenvalue weighted by Gasteiger charge is -2.12. The van der Waals surface area contributed by atoms with E-state index in [0.717, 1.165) is 12.3 Å². The van der Waals surface area contributed by atoms with Crippen LogP contribution in [0, 0.1) is 5.82 Å². The first-order chi connectivity index (χ1) is 11.3. The van der Waals surface area contributed by atoms with Gasteiger partial charge in [0.1, 0.15) is 18.2 Å². The standard InChI is InChI=1S/C17H21FN4O.HI/c1-2-19-17(22-13-16-15(18)9-6-10-20-16)21-11-12-23-14-7-4-3-5-8-14;/h3-10H,2,11-13H2,1H3,(H2,19,21,22);1H. The number of pyridine rings is 1. The normalized spacial score (nSPS) is 10.7. The van der Waals surface area contributed by atoms with E-state index in [1.54, 1.807) is 12.3 Å². The number of ether oxygens (including phenoxy) is 1. The Kier molecular flexibility index (Phi) is 9.74. The van der Waals surface area contributed by atoms with E-state index >= 15 is 0 Å². The summed E-state index contributed by atoms with van der Waals surface area (Å²) in [5.74, 6) is 1.08. The van der Waals surface area contributed by atoms with Gasteiger partial charge in [0, 0.05) is 12.7 Å². The van der Waals surface area contributed by atoms with Crippen molar-refractivity contribution in [2.75, 3.05) is 19.7 Å². The molecule has 0 fully saturated rings. The fourth-order valence-electron chi connectivity index (χ4n) is 1.89. The highest BCUT2D eigenvalue weighted by molar-refractivity contribution is 14.0. The number of rotatable bonds is 7. The molecule has 0 aliphatic rings. The number of aromatic nitrogens is 1. The molecule has 1 aromatic carbocycles. The second-order valence-electron chi connectivity index (χ2n) is 4.72. The third-order valence-electron chi connectivity index (χ3n) is 2.97. The van der Waals surface area contributed by atoms with E-state index in [9.17, 15) is 4.39 Å². The van der Waals surface area contributed by atoms with Crippen molar-refractivity contribution in [1.29, 1.82) is 0 Å². The van der Waals surface area contributed by atoms with Gasteiger partial charge in [-0.3, -0.25) is 4.98 Å². The zero-order chi connectivity index (χ0) is 16.3. The number of aliphatic imine (C=N–C) groups is 1. The molecule has 2 N–H and O–H groups in total. The highest BCUT2D eigenvalue weighted by Crippen LogP contribution is 2.07. The molecule has 2 rings (SSSR count). The second-order valence-corrected chi connectivity index (χ2v) is 4.72. The maximum absolute atomic E-state index is 13.5. The molecule has 0 radical (unpaired) electrons. The van der Waals surface area contributed by atoms with Crippen molar-refractivity contribution in [3.63, 3.8) is 0 Å². The molecule has 0 atom stereocenters. The average Bonchev–Trinajstić information content (AvgIpc) is 2.58. The fourth-order valence-corrected chi connectivity index (χ4v) is 1.89. The van der Waals surface area contributed by atoms with Crippen LogP contribution in [0.2, 0.25) is 0 Å². The largest absolute Gasteiger partial charge is 0.492 e. The molecule has 0 aliphatic heterocycles. The van der Waals surface area contributed by atoms with Crippen molar-refractivity contribution >= 4 is 29.9 Å². The molecule has 7 heteroatoms. The lowest BCUT2D eigenvalue weighted by Crippen LogP contribution is -2.39. The van der Waals surface area contributed by atoms with E-state index in [1.807, 2.05) is 37.3 Å². The summed E-state index contributed by atoms with van der Waals surface area (Å²) in [6.45, 7) is 3.97. The summed E-state index contributed by atoms with van der Waals surface area (Å²) in [6, 6.07) is 12.5. The molecule has 0 aliphatic carbocycles. The van der Waals surface area contributed by atoms with Crippen LogP contribution < -0.4 is 15.4 Å². The number of halogens is 2. The summed E-state index contributed by atoms with van der Waals surface area (Å²) in [5.41, 5.74) is 0.324. The topological polar surface area (TPSA) is 58.5 Å². The Morgan fingerprint density at radius 3 is 2.67 bits per heavy atom. The summed E-state index contributed by atoms with van der Waals surface area (Å²) in [7, 11) is 0. The first-order valence-electron chi connectivity index (χ1n) is 7.59. The predicted molar refractivity (Wildman–Crippen MR) is 104 cm³/mol. The van der Waals surface area contributed by atoms with Crippen LogP contribution in [0.25, 0.3) is 0 Å². The van der Waals surface area contributed by atoms with Gasteiger partial charge in [0.25, 0.3) is 0 Å². The molecule has 1 aromatic heterocycles. The predicted octanol–water partition coefficient (Wildman–Crippen LogP) is 2.97. The van der Waals surface area contributed by atoms with Crippen molar-refractivity contribution in [2.45, 2.75) is 13.5 Å². The molecule has 0 spiro atoms. The van der Waals surface area contributed by atoms with Crippen LogP contribution in [0.5, 0.6) is 5.75 Å². The molecular formula is C17H22FIN4O. The zero-order valence-corrected chi connectivity index (χ0v) is 15.9. The molecule has 0 bridgehead atoms. The van der Waals surface area contributed by atoms with Gasteiger partial charge < -0.3 is 15.4 Å². The minimum absolute atomic E-state index is 0. The number of nitrogens with zero attached hydrogens (tertiary/aromatic N) is 2. The molecule has 0 saturated heterocycles. The van der Waals surface area contributed by atoms with Gasteiger partial charge in [0.15, 0.2) is 5.96 Å². The molecule has 5 nitrogen and oxygen atoms in total. The van der Waals surface area contributed by atoms with E-state index in [1.165, 1.54) is 6.07 Å². The van der Waals surface area contributed by atoms with Gasteiger partial charge in [0.2, 0.25) is 0 Å². The Labute approximate surface area is 158 Å². The molecule has 0 amide bonds. The SMILES string of the molecule is CCNC(=NCc1ncccc1F)NCCOc1ccccc1.I. The van der Waals surface area contributed by atoms with E-state index in [2.05, 4.69) is 20.6 Å². The number of hydrogen-bond acceptors (Lipinski definition) is 3. The lowest BCUT2D eigenvalue weighted by molar-refractivity contribution is 0.322. The van der Waals surface area contributed by atoms with Crippen LogP contribution in [0.15, 0.2) is 53.7 Å². The van der Waals surface area contributed by atoms with Gasteiger partial charge >= 0.3 is 0 Å². The van der Waals surface area contributed by atoms with Gasteiger partial charge in [-0.2, -0.15) is 0 Å². The second kappa shape index (κ2) is 11.6. The maximum atomic E-state index is 13.5. The highest BCUT2D eigenvalue weighted by Gasteiger charge is 2.02. The van der Waals surface area contributed by atoms with E-state index < -0.39 is 0 Å². The zero-order valence-electron chi connectivity index (χ0n) is 13.5. The monoisotopic (exact) mass is 444 g/mol. The number of para-hydroxylation sites is 1. The number of benzene rings is 1. The third kappa shape index (κ3) is 7.12. The Morgan fingerprint density at radius 1 is 1.17 bits per heavy atom. The van der Waals surface area contributed by atoms with E-state index in [0.29, 0.717) is 24.8 Å². The minimum atomic E-state index is -0.348. The van der Waals surface area contributed by atoms with Gasteiger partial charge in [-0.1, -0.05) is 18.2 Å². The van der Waals surface area contributed by atoms with Crippen LogP contribution in [-0.4, -0.2) is 30.6 Å². The van der Waals surface area contributed by atoms with Gasteiger partial charge in [-0.25, -0.2) is 9.38 Å². The summed E-state index contributed by atoms with van der Waals surface area (Å²) >= 11 is 0. The van der Waals surface area contributed by atoms with Crippen molar-refractivity contribution in [3.8, 4) is 5.75 Å². The number of hydrogen-bond donors (Lipinski definition) is 2. The quantitative estimate of drug-likeness (QED) is 0.299. The average molecular weight is 444 g/mol. The van der Waals surface area contributed by atoms with Crippen molar-refractivity contribution < 1.29 is 9.13 Å².